The van der Waals surface area contributed by atoms with Crippen LogP contribution < -0.4 is 57.1 Å². The van der Waals surface area contributed by atoms with E-state index < -0.39 is 0 Å². The average molecular weight is 451 g/mol. The molecule has 0 amide bonds. The first-order chi connectivity index (χ1) is 13.2. The first-order valence-electron chi connectivity index (χ1n) is 8.58. The van der Waals surface area contributed by atoms with Gasteiger partial charge in [0.25, 0.3) is 0 Å². The molecule has 0 unspecified atom stereocenters. The zero-order valence-electron chi connectivity index (χ0n) is 15.3. The van der Waals surface area contributed by atoms with E-state index in [0.29, 0.717) is 21.9 Å². The quantitative estimate of drug-likeness (QED) is 0.210. The maximum Gasteiger partial charge on any atom is 1.00 e. The molecule has 3 aromatic heterocycles. The Morgan fingerprint density at radius 1 is 1.14 bits per heavy atom. The van der Waals surface area contributed by atoms with Crippen LogP contribution in [0.1, 0.15) is 22.7 Å². The first-order valence-corrected chi connectivity index (χ1v) is 10.8. The summed E-state index contributed by atoms with van der Waals surface area (Å²) in [5.74, 6) is 1.91. The molecule has 0 radical (unpaired) electrons. The molecule has 10 heteroatoms. The van der Waals surface area contributed by atoms with Gasteiger partial charge in [0, 0.05) is 15.7 Å². The van der Waals surface area contributed by atoms with Crippen LogP contribution >= 0.6 is 23.1 Å². The molecule has 0 bridgehead atoms. The minimum absolute atomic E-state index is 0. The van der Waals surface area contributed by atoms with Gasteiger partial charge in [0.1, 0.15) is 16.5 Å². The molecule has 136 valence electrons. The van der Waals surface area contributed by atoms with Crippen molar-refractivity contribution in [2.75, 3.05) is 5.73 Å². The molecule has 0 saturated carbocycles. The van der Waals surface area contributed by atoms with E-state index in [1.54, 1.807) is 11.3 Å². The molecule has 2 N–H and O–H groups in total. The summed E-state index contributed by atoms with van der Waals surface area (Å²) >= 11 is 8.58. The number of anilines is 1. The Bertz CT molecular complexity index is 1140. The summed E-state index contributed by atoms with van der Waals surface area (Å²) < 4.78 is 1.88. The predicted octanol–water partition coefficient (Wildman–Crippen LogP) is 0.545. The Hall–Kier alpha value is -0.594. The van der Waals surface area contributed by atoms with Crippen LogP contribution in [0.3, 0.4) is 0 Å². The summed E-state index contributed by atoms with van der Waals surface area (Å²) in [4.78, 5) is 11.7. The third-order valence-electron chi connectivity index (χ3n) is 4.62. The van der Waals surface area contributed by atoms with Crippen molar-refractivity contribution in [3.63, 3.8) is 0 Å². The molecular weight excluding hydrogens is 436 g/mol. The van der Waals surface area contributed by atoms with Crippen LogP contribution in [0.15, 0.2) is 40.6 Å². The number of aromatic nitrogens is 5. The van der Waals surface area contributed by atoms with E-state index in [0.717, 1.165) is 34.6 Å². The number of rotatable bonds is 4. The summed E-state index contributed by atoms with van der Waals surface area (Å²) in [6.07, 6.45) is 3.41. The van der Waals surface area contributed by atoms with Gasteiger partial charge in [-0.25, -0.2) is 9.97 Å². The van der Waals surface area contributed by atoms with Gasteiger partial charge in [0.2, 0.25) is 0 Å². The van der Waals surface area contributed by atoms with E-state index in [-0.39, 0.29) is 51.4 Å². The summed E-state index contributed by atoms with van der Waals surface area (Å²) in [5.41, 5.74) is 8.56. The van der Waals surface area contributed by atoms with Gasteiger partial charge >= 0.3 is 51.4 Å². The van der Waals surface area contributed by atoms with Crippen molar-refractivity contribution in [1.82, 2.24) is 24.7 Å². The van der Waals surface area contributed by atoms with Gasteiger partial charge in [-0.3, -0.25) is 0 Å². The van der Waals surface area contributed by atoms with Crippen LogP contribution in [0, 0.1) is 0 Å². The summed E-state index contributed by atoms with van der Waals surface area (Å²) in [6, 6.07) is 9.88. The Kier molecular flexibility index (Phi) is 6.38. The third kappa shape index (κ3) is 3.76. The minimum atomic E-state index is 0. The van der Waals surface area contributed by atoms with Gasteiger partial charge in [-0.2, -0.15) is 5.10 Å². The molecule has 1 aromatic carbocycles. The SMILES string of the molecule is Nc1nc(SCc2nnc([S-])n2-c2ccccc2)nc2sc3c(c12)CCC3.[K+]. The molecule has 5 rings (SSSR count). The van der Waals surface area contributed by atoms with Gasteiger partial charge in [-0.05, 0) is 37.0 Å². The van der Waals surface area contributed by atoms with Crippen molar-refractivity contribution in [3.05, 3.63) is 46.6 Å². The van der Waals surface area contributed by atoms with E-state index in [4.69, 9.17) is 23.3 Å². The number of hydrogen-bond donors (Lipinski definition) is 1. The second-order valence-corrected chi connectivity index (χ2v) is 8.68. The second kappa shape index (κ2) is 8.64. The van der Waals surface area contributed by atoms with Crippen LogP contribution in [0.2, 0.25) is 0 Å². The normalized spacial score (nSPS) is 12.9. The van der Waals surface area contributed by atoms with E-state index >= 15 is 0 Å². The summed E-state index contributed by atoms with van der Waals surface area (Å²) in [7, 11) is 0. The second-order valence-electron chi connectivity index (χ2n) is 6.29. The maximum atomic E-state index is 6.26. The number of benzene rings is 1. The fourth-order valence-electron chi connectivity index (χ4n) is 3.43. The summed E-state index contributed by atoms with van der Waals surface area (Å²) in [5, 5.41) is 10.5. The molecule has 0 aliphatic heterocycles. The van der Waals surface area contributed by atoms with E-state index in [1.807, 2.05) is 34.9 Å². The molecule has 28 heavy (non-hydrogen) atoms. The van der Waals surface area contributed by atoms with Gasteiger partial charge in [-0.1, -0.05) is 30.0 Å². The number of hydrogen-bond acceptors (Lipinski definition) is 8. The fourth-order valence-corrected chi connectivity index (χ4v) is 5.77. The molecular formula is C18H15KN6S3. The van der Waals surface area contributed by atoms with Crippen molar-refractivity contribution < 1.29 is 51.4 Å². The number of para-hydroxylation sites is 1. The number of thioether (sulfide) groups is 1. The first kappa shape index (κ1) is 20.7. The van der Waals surface area contributed by atoms with Gasteiger partial charge in [-0.15, -0.1) is 16.4 Å². The molecule has 4 aromatic rings. The monoisotopic (exact) mass is 450 g/mol. The number of aryl methyl sites for hydroxylation is 2. The Morgan fingerprint density at radius 3 is 2.79 bits per heavy atom. The molecule has 0 spiro atoms. The molecule has 1 aliphatic carbocycles. The molecule has 1 aliphatic rings. The molecule has 3 heterocycles. The Balaban J connectivity index is 0.00000192. The molecule has 6 nitrogen and oxygen atoms in total. The zero-order chi connectivity index (χ0) is 18.4. The third-order valence-corrected chi connectivity index (χ3v) is 6.91. The number of nitrogens with zero attached hydrogens (tertiary/aromatic N) is 5. The molecule has 0 saturated heterocycles. The zero-order valence-corrected chi connectivity index (χ0v) is 20.8. The van der Waals surface area contributed by atoms with Crippen LogP contribution in [0.5, 0.6) is 0 Å². The molecule has 0 atom stereocenters. The molecule has 0 fully saturated rings. The number of nitrogens with two attached hydrogens (primary N) is 1. The number of nitrogen functional groups attached to an aromatic ring is 1. The van der Waals surface area contributed by atoms with Crippen LogP contribution in [-0.2, 0) is 31.2 Å². The Morgan fingerprint density at radius 2 is 1.96 bits per heavy atom. The Labute approximate surface area is 218 Å². The van der Waals surface area contributed by atoms with Crippen molar-refractivity contribution in [2.24, 2.45) is 0 Å². The van der Waals surface area contributed by atoms with Crippen molar-refractivity contribution in [3.8, 4) is 5.69 Å². The van der Waals surface area contributed by atoms with Crippen molar-refractivity contribution >= 4 is 51.8 Å². The number of fused-ring (bicyclic) bond motifs is 3. The topological polar surface area (TPSA) is 82.5 Å². The van der Waals surface area contributed by atoms with Crippen LogP contribution in [0.4, 0.5) is 5.82 Å². The van der Waals surface area contributed by atoms with Crippen LogP contribution in [-0.4, -0.2) is 24.7 Å². The van der Waals surface area contributed by atoms with Gasteiger partial charge in [0.05, 0.1) is 11.1 Å². The number of thiophene rings is 1. The maximum absolute atomic E-state index is 6.26. The standard InChI is InChI=1S/C18H16N6S3.K/c19-15-14-11-7-4-8-12(11)27-16(14)21-17(20-15)26-9-13-22-23-18(25)24(13)10-5-2-1-3-6-10;/h1-3,5-6H,4,7-9H2,(H,23,25)(H2,19,20,21);/q;+1/p-1. The van der Waals surface area contributed by atoms with E-state index in [1.165, 1.54) is 28.6 Å². The van der Waals surface area contributed by atoms with Crippen molar-refractivity contribution in [1.29, 1.82) is 0 Å². The fraction of sp³-hybridized carbons (Fsp3) is 0.222. The smallest absolute Gasteiger partial charge is 0.740 e. The summed E-state index contributed by atoms with van der Waals surface area (Å²) in [6.45, 7) is 0. The minimum Gasteiger partial charge on any atom is -0.740 e. The van der Waals surface area contributed by atoms with Crippen LogP contribution in [0.25, 0.3) is 15.9 Å². The van der Waals surface area contributed by atoms with Crippen molar-refractivity contribution in [2.45, 2.75) is 35.3 Å². The van der Waals surface area contributed by atoms with Gasteiger partial charge < -0.3 is 22.9 Å². The predicted molar refractivity (Wildman–Crippen MR) is 110 cm³/mol. The largest absolute Gasteiger partial charge is 1.00 e. The van der Waals surface area contributed by atoms with Gasteiger partial charge in [0.15, 0.2) is 5.16 Å². The van der Waals surface area contributed by atoms with E-state index in [9.17, 15) is 0 Å². The average Bonchev–Trinajstić information content (AvgIpc) is 3.34. The van der Waals surface area contributed by atoms with E-state index in [2.05, 4.69) is 15.2 Å².